The highest BCUT2D eigenvalue weighted by atomic mass is 16.6. The molecule has 2 saturated carbocycles. The molecule has 18 heavy (non-hydrogen) atoms. The van der Waals surface area contributed by atoms with Gasteiger partial charge in [0.1, 0.15) is 5.69 Å². The molecule has 3 rings (SSSR count). The highest BCUT2D eigenvalue weighted by molar-refractivity contribution is 5.61. The Morgan fingerprint density at radius 3 is 2.78 bits per heavy atom. The minimum Gasteiger partial charge on any atom is -0.379 e. The highest BCUT2D eigenvalue weighted by Crippen LogP contribution is 2.48. The van der Waals surface area contributed by atoms with Crippen LogP contribution in [0.15, 0.2) is 24.3 Å². The van der Waals surface area contributed by atoms with Gasteiger partial charge in [0.2, 0.25) is 0 Å². The molecule has 1 N–H and O–H groups in total. The maximum absolute atomic E-state index is 10.9. The predicted molar refractivity (Wildman–Crippen MR) is 70.5 cm³/mol. The van der Waals surface area contributed by atoms with Crippen LogP contribution in [0.3, 0.4) is 0 Å². The highest BCUT2D eigenvalue weighted by Gasteiger charge is 2.39. The van der Waals surface area contributed by atoms with Crippen LogP contribution < -0.4 is 5.32 Å². The summed E-state index contributed by atoms with van der Waals surface area (Å²) < 4.78 is 0. The van der Waals surface area contributed by atoms with E-state index in [1.807, 2.05) is 6.07 Å². The summed E-state index contributed by atoms with van der Waals surface area (Å²) in [6.07, 6.45) is 5.43. The van der Waals surface area contributed by atoms with Gasteiger partial charge in [-0.3, -0.25) is 10.1 Å². The molecule has 2 aliphatic carbocycles. The van der Waals surface area contributed by atoms with E-state index in [1.165, 1.54) is 25.7 Å². The number of benzene rings is 1. The lowest BCUT2D eigenvalue weighted by atomic mass is 9.89. The van der Waals surface area contributed by atoms with Gasteiger partial charge in [-0.15, -0.1) is 0 Å². The van der Waals surface area contributed by atoms with E-state index in [1.54, 1.807) is 18.2 Å². The average molecular weight is 246 g/mol. The smallest absolute Gasteiger partial charge is 0.292 e. The summed E-state index contributed by atoms with van der Waals surface area (Å²) in [5.74, 6) is 2.49. The number of nitrogens with one attached hydrogen (secondary N) is 1. The molecular weight excluding hydrogens is 228 g/mol. The van der Waals surface area contributed by atoms with Gasteiger partial charge >= 0.3 is 0 Å². The fraction of sp³-hybridized carbons (Fsp3) is 0.571. The number of para-hydroxylation sites is 2. The molecule has 0 amide bonds. The molecule has 3 atom stereocenters. The first-order chi connectivity index (χ1) is 8.74. The Kier molecular flexibility index (Phi) is 2.94. The fourth-order valence-electron chi connectivity index (χ4n) is 3.65. The first-order valence-electron chi connectivity index (χ1n) is 6.71. The first kappa shape index (κ1) is 11.5. The Labute approximate surface area is 107 Å². The number of rotatable bonds is 4. The molecule has 3 unspecified atom stereocenters. The summed E-state index contributed by atoms with van der Waals surface area (Å²) in [6, 6.07) is 6.91. The number of hydrogen-bond acceptors (Lipinski definition) is 3. The fourth-order valence-corrected chi connectivity index (χ4v) is 3.65. The molecule has 4 nitrogen and oxygen atoms in total. The maximum Gasteiger partial charge on any atom is 0.292 e. The van der Waals surface area contributed by atoms with Gasteiger partial charge in [0.05, 0.1) is 4.92 Å². The second-order valence-electron chi connectivity index (χ2n) is 5.59. The molecule has 0 aromatic heterocycles. The van der Waals surface area contributed by atoms with Crippen molar-refractivity contribution in [1.82, 2.24) is 0 Å². The van der Waals surface area contributed by atoms with Crippen LogP contribution in [0.5, 0.6) is 0 Å². The molecule has 0 heterocycles. The van der Waals surface area contributed by atoms with E-state index < -0.39 is 0 Å². The third-order valence-electron chi connectivity index (χ3n) is 4.54. The van der Waals surface area contributed by atoms with Gasteiger partial charge in [0.25, 0.3) is 5.69 Å². The second-order valence-corrected chi connectivity index (χ2v) is 5.59. The van der Waals surface area contributed by atoms with Gasteiger partial charge in [-0.25, -0.2) is 0 Å². The van der Waals surface area contributed by atoms with E-state index in [0.29, 0.717) is 11.6 Å². The molecule has 2 fully saturated rings. The molecular formula is C14H18N2O2. The quantitative estimate of drug-likeness (QED) is 0.654. The summed E-state index contributed by atoms with van der Waals surface area (Å²) in [5.41, 5.74) is 0.839. The van der Waals surface area contributed by atoms with Crippen LogP contribution in [0.25, 0.3) is 0 Å². The van der Waals surface area contributed by atoms with Gasteiger partial charge < -0.3 is 5.32 Å². The largest absolute Gasteiger partial charge is 0.379 e. The van der Waals surface area contributed by atoms with Crippen molar-refractivity contribution in [2.75, 3.05) is 11.9 Å². The van der Waals surface area contributed by atoms with Crippen LogP contribution in [0.1, 0.15) is 25.7 Å². The number of nitrogens with zero attached hydrogens (tertiary/aromatic N) is 1. The Hall–Kier alpha value is -1.58. The molecule has 1 aromatic rings. The van der Waals surface area contributed by atoms with Crippen molar-refractivity contribution in [3.05, 3.63) is 34.4 Å². The Bertz CT molecular complexity index is 461. The molecule has 0 radical (unpaired) electrons. The van der Waals surface area contributed by atoms with E-state index in [4.69, 9.17) is 0 Å². The third-order valence-corrected chi connectivity index (χ3v) is 4.54. The summed E-state index contributed by atoms with van der Waals surface area (Å²) in [5, 5.41) is 14.2. The van der Waals surface area contributed by atoms with Crippen LogP contribution in [0.2, 0.25) is 0 Å². The van der Waals surface area contributed by atoms with Gasteiger partial charge in [0, 0.05) is 12.6 Å². The summed E-state index contributed by atoms with van der Waals surface area (Å²) in [4.78, 5) is 10.6. The maximum atomic E-state index is 10.9. The summed E-state index contributed by atoms with van der Waals surface area (Å²) in [6.45, 7) is 0.881. The van der Waals surface area contributed by atoms with Crippen LogP contribution in [0.4, 0.5) is 11.4 Å². The van der Waals surface area contributed by atoms with Crippen molar-refractivity contribution >= 4 is 11.4 Å². The Morgan fingerprint density at radius 2 is 2.11 bits per heavy atom. The van der Waals surface area contributed by atoms with Crippen molar-refractivity contribution in [2.24, 2.45) is 17.8 Å². The van der Waals surface area contributed by atoms with E-state index in [0.717, 1.165) is 18.4 Å². The summed E-state index contributed by atoms with van der Waals surface area (Å²) >= 11 is 0. The van der Waals surface area contributed by atoms with Crippen molar-refractivity contribution in [1.29, 1.82) is 0 Å². The normalized spacial score (nSPS) is 29.4. The minimum absolute atomic E-state index is 0.181. The lowest BCUT2D eigenvalue weighted by Crippen LogP contribution is -2.20. The Balaban J connectivity index is 1.65. The second kappa shape index (κ2) is 4.59. The molecule has 0 aliphatic heterocycles. The monoisotopic (exact) mass is 246 g/mol. The Morgan fingerprint density at radius 1 is 1.28 bits per heavy atom. The lowest BCUT2D eigenvalue weighted by molar-refractivity contribution is -0.384. The molecule has 2 aliphatic rings. The number of anilines is 1. The van der Waals surface area contributed by atoms with Gasteiger partial charge in [-0.2, -0.15) is 0 Å². The molecule has 2 bridgehead atoms. The predicted octanol–water partition coefficient (Wildman–Crippen LogP) is 3.44. The van der Waals surface area contributed by atoms with Crippen molar-refractivity contribution in [2.45, 2.75) is 25.7 Å². The van der Waals surface area contributed by atoms with Gasteiger partial charge in [-0.05, 0) is 43.1 Å². The van der Waals surface area contributed by atoms with Crippen LogP contribution in [-0.2, 0) is 0 Å². The van der Waals surface area contributed by atoms with Gasteiger partial charge in [-0.1, -0.05) is 18.6 Å². The van der Waals surface area contributed by atoms with Gasteiger partial charge in [0.15, 0.2) is 0 Å². The van der Waals surface area contributed by atoms with E-state index in [9.17, 15) is 10.1 Å². The molecule has 4 heteroatoms. The lowest BCUT2D eigenvalue weighted by Gasteiger charge is -2.22. The van der Waals surface area contributed by atoms with Crippen molar-refractivity contribution in [3.8, 4) is 0 Å². The zero-order valence-electron chi connectivity index (χ0n) is 10.3. The zero-order chi connectivity index (χ0) is 12.5. The van der Waals surface area contributed by atoms with E-state index in [2.05, 4.69) is 5.32 Å². The van der Waals surface area contributed by atoms with Crippen LogP contribution in [-0.4, -0.2) is 11.5 Å². The SMILES string of the molecule is O=[N+]([O-])c1ccccc1NCC1CC2CCC1C2. The number of fused-ring (bicyclic) bond motifs is 2. The molecule has 0 saturated heterocycles. The minimum atomic E-state index is -0.316. The van der Waals surface area contributed by atoms with Crippen molar-refractivity contribution < 1.29 is 4.92 Å². The molecule has 0 spiro atoms. The van der Waals surface area contributed by atoms with Crippen molar-refractivity contribution in [3.63, 3.8) is 0 Å². The number of nitro groups is 1. The topological polar surface area (TPSA) is 55.2 Å². The zero-order valence-corrected chi connectivity index (χ0v) is 10.3. The van der Waals surface area contributed by atoms with E-state index >= 15 is 0 Å². The first-order valence-corrected chi connectivity index (χ1v) is 6.71. The van der Waals surface area contributed by atoms with Crippen LogP contribution in [0, 0.1) is 27.9 Å². The summed E-state index contributed by atoms with van der Waals surface area (Å²) in [7, 11) is 0. The number of nitro benzene ring substituents is 1. The standard InChI is InChI=1S/C14H18N2O2/c17-16(18)14-4-2-1-3-13(14)15-9-12-8-10-5-6-11(12)7-10/h1-4,10-12,15H,5-9H2. The molecule has 1 aromatic carbocycles. The third kappa shape index (κ3) is 2.07. The van der Waals surface area contributed by atoms with Crippen LogP contribution >= 0.6 is 0 Å². The average Bonchev–Trinajstić information content (AvgIpc) is 2.98. The molecule has 96 valence electrons. The number of hydrogen-bond donors (Lipinski definition) is 1. The van der Waals surface area contributed by atoms with E-state index in [-0.39, 0.29) is 10.6 Å².